The Morgan fingerprint density at radius 1 is 1.32 bits per heavy atom. The van der Waals surface area contributed by atoms with E-state index in [2.05, 4.69) is 15.5 Å². The van der Waals surface area contributed by atoms with Crippen LogP contribution >= 0.6 is 11.6 Å². The summed E-state index contributed by atoms with van der Waals surface area (Å²) in [5.74, 6) is 1.95. The Bertz CT molecular complexity index is 571. The van der Waals surface area contributed by atoms with Gasteiger partial charge in [0.25, 0.3) is 0 Å². The number of nitrogens with zero attached hydrogens (tertiary/aromatic N) is 2. The molecule has 1 aromatic carbocycles. The number of aromatic nitrogens is 2. The zero-order valence-corrected chi connectivity index (χ0v) is 11.6. The van der Waals surface area contributed by atoms with Crippen LogP contribution < -0.4 is 14.8 Å². The molecule has 1 heterocycles. The van der Waals surface area contributed by atoms with Crippen molar-refractivity contribution in [3.8, 4) is 22.9 Å². The Morgan fingerprint density at radius 2 is 2.11 bits per heavy atom. The van der Waals surface area contributed by atoms with Crippen molar-refractivity contribution in [3.63, 3.8) is 0 Å². The zero-order valence-electron chi connectivity index (χ0n) is 10.9. The van der Waals surface area contributed by atoms with Crippen LogP contribution in [0.5, 0.6) is 11.5 Å². The van der Waals surface area contributed by atoms with Gasteiger partial charge in [0.05, 0.1) is 25.8 Å². The lowest BCUT2D eigenvalue weighted by atomic mass is 10.2. The van der Waals surface area contributed by atoms with Crippen molar-refractivity contribution in [1.82, 2.24) is 15.5 Å². The predicted molar refractivity (Wildman–Crippen MR) is 70.6 cm³/mol. The zero-order chi connectivity index (χ0) is 13.8. The third kappa shape index (κ3) is 2.80. The second-order valence-electron chi connectivity index (χ2n) is 3.74. The van der Waals surface area contributed by atoms with E-state index in [0.29, 0.717) is 40.3 Å². The maximum Gasteiger partial charge on any atom is 0.240 e. The minimum Gasteiger partial charge on any atom is -0.493 e. The molecule has 0 fully saturated rings. The van der Waals surface area contributed by atoms with Crippen LogP contribution in [0.25, 0.3) is 11.4 Å². The largest absolute Gasteiger partial charge is 0.493 e. The van der Waals surface area contributed by atoms with E-state index in [1.807, 2.05) is 0 Å². The molecule has 2 rings (SSSR count). The third-order valence-corrected chi connectivity index (χ3v) is 2.77. The first-order chi connectivity index (χ1) is 9.19. The number of methoxy groups -OCH3 is 2. The minimum atomic E-state index is 0.428. The Hall–Kier alpha value is -1.79. The summed E-state index contributed by atoms with van der Waals surface area (Å²) in [6.45, 7) is 0.508. The van der Waals surface area contributed by atoms with Crippen molar-refractivity contribution in [2.45, 2.75) is 6.54 Å². The van der Waals surface area contributed by atoms with Crippen LogP contribution in [0, 0.1) is 0 Å². The first-order valence-electron chi connectivity index (χ1n) is 5.58. The van der Waals surface area contributed by atoms with Crippen molar-refractivity contribution in [2.75, 3.05) is 21.3 Å². The molecule has 0 saturated carbocycles. The summed E-state index contributed by atoms with van der Waals surface area (Å²) < 4.78 is 15.5. The fraction of sp³-hybridized carbons (Fsp3) is 0.333. The molecule has 0 bridgehead atoms. The van der Waals surface area contributed by atoms with Crippen LogP contribution in [-0.2, 0) is 6.54 Å². The molecule has 0 aliphatic carbocycles. The molecule has 0 aliphatic heterocycles. The van der Waals surface area contributed by atoms with Crippen molar-refractivity contribution in [1.29, 1.82) is 0 Å². The molecule has 0 radical (unpaired) electrons. The summed E-state index contributed by atoms with van der Waals surface area (Å²) in [4.78, 5) is 4.25. The van der Waals surface area contributed by atoms with Crippen molar-refractivity contribution < 1.29 is 14.0 Å². The van der Waals surface area contributed by atoms with Gasteiger partial charge >= 0.3 is 0 Å². The van der Waals surface area contributed by atoms with E-state index in [4.69, 9.17) is 25.6 Å². The molecule has 7 heteroatoms. The van der Waals surface area contributed by atoms with Crippen LogP contribution in [0.15, 0.2) is 16.7 Å². The lowest BCUT2D eigenvalue weighted by Gasteiger charge is -2.10. The highest BCUT2D eigenvalue weighted by Crippen LogP contribution is 2.38. The highest BCUT2D eigenvalue weighted by molar-refractivity contribution is 6.32. The summed E-state index contributed by atoms with van der Waals surface area (Å²) in [7, 11) is 4.88. The summed E-state index contributed by atoms with van der Waals surface area (Å²) >= 11 is 6.13. The number of rotatable bonds is 5. The molecule has 102 valence electrons. The molecule has 0 amide bonds. The van der Waals surface area contributed by atoms with Gasteiger partial charge < -0.3 is 19.3 Å². The molecule has 0 aliphatic rings. The van der Waals surface area contributed by atoms with Gasteiger partial charge in [-0.05, 0) is 19.2 Å². The predicted octanol–water partition coefficient (Wildman–Crippen LogP) is 2.13. The number of hydrogen-bond donors (Lipinski definition) is 1. The van der Waals surface area contributed by atoms with Gasteiger partial charge in [-0.3, -0.25) is 0 Å². The molecule has 6 nitrogen and oxygen atoms in total. The maximum absolute atomic E-state index is 6.13. The van der Waals surface area contributed by atoms with E-state index in [-0.39, 0.29) is 0 Å². The van der Waals surface area contributed by atoms with Gasteiger partial charge in [0.2, 0.25) is 11.7 Å². The lowest BCUT2D eigenvalue weighted by molar-refractivity contribution is 0.355. The molecular formula is C12H14ClN3O3. The van der Waals surface area contributed by atoms with Crippen LogP contribution in [0.4, 0.5) is 0 Å². The summed E-state index contributed by atoms with van der Waals surface area (Å²) in [5, 5.41) is 7.26. The molecule has 19 heavy (non-hydrogen) atoms. The summed E-state index contributed by atoms with van der Waals surface area (Å²) in [6, 6.07) is 3.45. The minimum absolute atomic E-state index is 0.428. The topological polar surface area (TPSA) is 69.4 Å². The average Bonchev–Trinajstić information content (AvgIpc) is 2.86. The summed E-state index contributed by atoms with van der Waals surface area (Å²) in [5.41, 5.74) is 0.703. The highest BCUT2D eigenvalue weighted by Gasteiger charge is 2.15. The van der Waals surface area contributed by atoms with Crippen LogP contribution in [0.3, 0.4) is 0 Å². The molecule has 2 aromatic rings. The molecule has 0 spiro atoms. The van der Waals surface area contributed by atoms with E-state index in [1.165, 1.54) is 7.11 Å². The second kappa shape index (κ2) is 5.90. The van der Waals surface area contributed by atoms with Crippen molar-refractivity contribution >= 4 is 11.6 Å². The second-order valence-corrected chi connectivity index (χ2v) is 4.14. The molecule has 0 saturated heterocycles. The SMILES string of the molecule is CNCc1nc(-c2cc(Cl)c(OC)c(OC)c2)no1. The summed E-state index contributed by atoms with van der Waals surface area (Å²) in [6.07, 6.45) is 0. The Morgan fingerprint density at radius 3 is 2.74 bits per heavy atom. The standard InChI is InChI=1S/C12H14ClN3O3/c1-14-6-10-15-12(16-19-10)7-4-8(13)11(18-3)9(5-7)17-2/h4-5,14H,6H2,1-3H3. The quantitative estimate of drug-likeness (QED) is 0.906. The lowest BCUT2D eigenvalue weighted by Crippen LogP contribution is -2.04. The number of ether oxygens (including phenoxy) is 2. The van der Waals surface area contributed by atoms with Gasteiger partial charge in [-0.1, -0.05) is 16.8 Å². The van der Waals surface area contributed by atoms with Gasteiger partial charge in [0.1, 0.15) is 0 Å². The highest BCUT2D eigenvalue weighted by atomic mass is 35.5. The normalized spacial score (nSPS) is 10.5. The van der Waals surface area contributed by atoms with E-state index >= 15 is 0 Å². The Labute approximate surface area is 115 Å². The molecule has 0 atom stereocenters. The van der Waals surface area contributed by atoms with Crippen molar-refractivity contribution in [3.05, 3.63) is 23.0 Å². The number of benzene rings is 1. The van der Waals surface area contributed by atoms with Gasteiger partial charge in [0, 0.05) is 5.56 Å². The first kappa shape index (κ1) is 13.6. The third-order valence-electron chi connectivity index (χ3n) is 2.49. The smallest absolute Gasteiger partial charge is 0.240 e. The number of halogens is 1. The number of nitrogens with one attached hydrogen (secondary N) is 1. The van der Waals surface area contributed by atoms with E-state index in [0.717, 1.165) is 0 Å². The number of hydrogen-bond acceptors (Lipinski definition) is 6. The van der Waals surface area contributed by atoms with Crippen molar-refractivity contribution in [2.24, 2.45) is 0 Å². The average molecular weight is 284 g/mol. The van der Waals surface area contributed by atoms with E-state index in [9.17, 15) is 0 Å². The van der Waals surface area contributed by atoms with E-state index < -0.39 is 0 Å². The monoisotopic (exact) mass is 283 g/mol. The van der Waals surface area contributed by atoms with E-state index in [1.54, 1.807) is 26.3 Å². The van der Waals surface area contributed by atoms with Gasteiger partial charge in [-0.25, -0.2) is 0 Å². The van der Waals surface area contributed by atoms with Crippen LogP contribution in [-0.4, -0.2) is 31.4 Å². The molecular weight excluding hydrogens is 270 g/mol. The maximum atomic E-state index is 6.13. The Kier molecular flexibility index (Phi) is 4.24. The Balaban J connectivity index is 2.41. The molecule has 0 unspecified atom stereocenters. The van der Waals surface area contributed by atoms with Crippen LogP contribution in [0.1, 0.15) is 5.89 Å². The molecule has 1 aromatic heterocycles. The van der Waals surface area contributed by atoms with Gasteiger partial charge in [-0.2, -0.15) is 4.98 Å². The molecule has 1 N–H and O–H groups in total. The van der Waals surface area contributed by atoms with Gasteiger partial charge in [-0.15, -0.1) is 0 Å². The fourth-order valence-corrected chi connectivity index (χ4v) is 1.93. The fourth-order valence-electron chi connectivity index (χ4n) is 1.64. The van der Waals surface area contributed by atoms with Gasteiger partial charge in [0.15, 0.2) is 11.5 Å². The first-order valence-corrected chi connectivity index (χ1v) is 5.96. The van der Waals surface area contributed by atoms with Crippen LogP contribution in [0.2, 0.25) is 5.02 Å².